The molecule has 0 bridgehead atoms. The first kappa shape index (κ1) is 13.5. The zero-order chi connectivity index (χ0) is 13.0. The number of phenols is 1. The number of aromatic hydroxyl groups is 1. The Balaban J connectivity index is 2.00. The highest BCUT2D eigenvalue weighted by Gasteiger charge is 2.14. The summed E-state index contributed by atoms with van der Waals surface area (Å²) >= 11 is 5.95. The van der Waals surface area contributed by atoms with Crippen molar-refractivity contribution in [3.63, 3.8) is 0 Å². The maximum absolute atomic E-state index is 10.1. The molecule has 0 atom stereocenters. The molecule has 1 saturated heterocycles. The van der Waals surface area contributed by atoms with Crippen LogP contribution in [0.25, 0.3) is 0 Å². The van der Waals surface area contributed by atoms with E-state index in [-0.39, 0.29) is 5.75 Å². The van der Waals surface area contributed by atoms with E-state index >= 15 is 0 Å². The molecule has 1 aliphatic rings. The van der Waals surface area contributed by atoms with Crippen LogP contribution in [0.2, 0.25) is 5.02 Å². The number of rotatable bonds is 4. The van der Waals surface area contributed by atoms with Crippen LogP contribution in [0.1, 0.15) is 5.56 Å². The highest BCUT2D eigenvalue weighted by atomic mass is 35.5. The first-order valence-corrected chi connectivity index (χ1v) is 6.57. The van der Waals surface area contributed by atoms with E-state index < -0.39 is 0 Å². The van der Waals surface area contributed by atoms with Crippen molar-refractivity contribution >= 4 is 11.6 Å². The third kappa shape index (κ3) is 3.07. The van der Waals surface area contributed by atoms with Gasteiger partial charge in [0.1, 0.15) is 0 Å². The Kier molecular flexibility index (Phi) is 4.69. The second-order valence-electron chi connectivity index (χ2n) is 4.43. The molecule has 4 nitrogen and oxygen atoms in total. The molecule has 1 heterocycles. The van der Waals surface area contributed by atoms with Gasteiger partial charge >= 0.3 is 0 Å². The third-order valence-electron chi connectivity index (χ3n) is 3.28. The summed E-state index contributed by atoms with van der Waals surface area (Å²) in [5.74, 6) is 0.537. The summed E-state index contributed by atoms with van der Waals surface area (Å²) in [5.41, 5.74) is 0.884. The lowest BCUT2D eigenvalue weighted by Gasteiger charge is -2.27. The Morgan fingerprint density at radius 2 is 2.11 bits per heavy atom. The van der Waals surface area contributed by atoms with Gasteiger partial charge in [-0.05, 0) is 18.1 Å². The summed E-state index contributed by atoms with van der Waals surface area (Å²) in [5, 5.41) is 13.8. The summed E-state index contributed by atoms with van der Waals surface area (Å²) < 4.78 is 5.10. The van der Waals surface area contributed by atoms with Crippen molar-refractivity contribution < 1.29 is 9.84 Å². The minimum Gasteiger partial charge on any atom is -0.504 e. The molecule has 0 amide bonds. The zero-order valence-electron chi connectivity index (χ0n) is 10.6. The molecular weight excluding hydrogens is 252 g/mol. The second-order valence-corrected chi connectivity index (χ2v) is 4.84. The molecule has 5 heteroatoms. The predicted molar refractivity (Wildman–Crippen MR) is 72.7 cm³/mol. The number of phenolic OH excluding ortho intramolecular Hbond substituents is 1. The van der Waals surface area contributed by atoms with Gasteiger partial charge in [-0.15, -0.1) is 0 Å². The minimum atomic E-state index is 0.167. The topological polar surface area (TPSA) is 44.7 Å². The highest BCUT2D eigenvalue weighted by molar-refractivity contribution is 6.32. The summed E-state index contributed by atoms with van der Waals surface area (Å²) in [6, 6.07) is 3.63. The lowest BCUT2D eigenvalue weighted by Crippen LogP contribution is -2.44. The predicted octanol–water partition coefficient (Wildman–Crippen LogP) is 1.50. The molecule has 0 saturated carbocycles. The van der Waals surface area contributed by atoms with Crippen molar-refractivity contribution in [2.45, 2.75) is 6.42 Å². The van der Waals surface area contributed by atoms with Gasteiger partial charge in [0.05, 0.1) is 12.1 Å². The van der Waals surface area contributed by atoms with Gasteiger partial charge in [-0.2, -0.15) is 0 Å². The summed E-state index contributed by atoms with van der Waals surface area (Å²) in [4.78, 5) is 2.39. The third-order valence-corrected chi connectivity index (χ3v) is 3.58. The number of nitrogens with one attached hydrogen (secondary N) is 1. The van der Waals surface area contributed by atoms with E-state index in [1.807, 2.05) is 6.07 Å². The van der Waals surface area contributed by atoms with Crippen molar-refractivity contribution in [2.24, 2.45) is 0 Å². The molecule has 0 unspecified atom stereocenters. The minimum absolute atomic E-state index is 0.167. The van der Waals surface area contributed by atoms with E-state index in [2.05, 4.69) is 10.2 Å². The number of hydrogen-bond acceptors (Lipinski definition) is 4. The lowest BCUT2D eigenvalue weighted by molar-refractivity contribution is 0.243. The lowest BCUT2D eigenvalue weighted by atomic mass is 10.1. The number of nitrogens with zero attached hydrogens (tertiary/aromatic N) is 1. The van der Waals surface area contributed by atoms with E-state index in [1.54, 1.807) is 6.07 Å². The fourth-order valence-electron chi connectivity index (χ4n) is 2.20. The first-order chi connectivity index (χ1) is 8.72. The van der Waals surface area contributed by atoms with Gasteiger partial charge in [0.15, 0.2) is 11.5 Å². The van der Waals surface area contributed by atoms with Gasteiger partial charge < -0.3 is 20.1 Å². The fraction of sp³-hybridized carbons (Fsp3) is 0.538. The van der Waals surface area contributed by atoms with E-state index in [0.717, 1.165) is 44.7 Å². The number of piperazine rings is 1. The fourth-order valence-corrected chi connectivity index (χ4v) is 2.43. The van der Waals surface area contributed by atoms with Gasteiger partial charge in [-0.1, -0.05) is 17.7 Å². The smallest absolute Gasteiger partial charge is 0.179 e. The number of benzene rings is 1. The first-order valence-electron chi connectivity index (χ1n) is 6.19. The van der Waals surface area contributed by atoms with E-state index in [1.165, 1.54) is 7.11 Å². The van der Waals surface area contributed by atoms with Gasteiger partial charge in [0, 0.05) is 32.7 Å². The van der Waals surface area contributed by atoms with Crippen LogP contribution in [0.15, 0.2) is 12.1 Å². The average molecular weight is 271 g/mol. The van der Waals surface area contributed by atoms with Crippen LogP contribution in [-0.4, -0.2) is 49.8 Å². The molecule has 0 radical (unpaired) electrons. The molecule has 1 aromatic rings. The van der Waals surface area contributed by atoms with Gasteiger partial charge in [-0.25, -0.2) is 0 Å². The molecule has 2 rings (SSSR count). The molecule has 0 spiro atoms. The molecule has 0 aromatic heterocycles. The Labute approximate surface area is 113 Å². The number of halogens is 1. The van der Waals surface area contributed by atoms with Crippen molar-refractivity contribution in [3.05, 3.63) is 22.7 Å². The molecule has 18 heavy (non-hydrogen) atoms. The standard InChI is InChI=1S/C13H19ClN2O2/c1-18-13-11(14)3-2-10(12(13)17)4-7-16-8-5-15-6-9-16/h2-3,15,17H,4-9H2,1H3. The Morgan fingerprint density at radius 3 is 2.78 bits per heavy atom. The second kappa shape index (κ2) is 6.27. The van der Waals surface area contributed by atoms with Gasteiger partial charge in [-0.3, -0.25) is 0 Å². The normalized spacial score (nSPS) is 16.8. The highest BCUT2D eigenvalue weighted by Crippen LogP contribution is 2.36. The summed E-state index contributed by atoms with van der Waals surface area (Å²) in [6.45, 7) is 5.14. The van der Waals surface area contributed by atoms with Gasteiger partial charge in [0.2, 0.25) is 0 Å². The molecule has 0 aliphatic carbocycles. The van der Waals surface area contributed by atoms with Crippen LogP contribution in [0.4, 0.5) is 0 Å². The van der Waals surface area contributed by atoms with Crippen molar-refractivity contribution in [1.82, 2.24) is 10.2 Å². The van der Waals surface area contributed by atoms with Gasteiger partial charge in [0.25, 0.3) is 0 Å². The maximum atomic E-state index is 10.1. The molecular formula is C13H19ClN2O2. The molecule has 2 N–H and O–H groups in total. The Hall–Kier alpha value is -0.970. The molecule has 1 fully saturated rings. The average Bonchev–Trinajstić information content (AvgIpc) is 2.40. The monoisotopic (exact) mass is 270 g/mol. The summed E-state index contributed by atoms with van der Waals surface area (Å²) in [7, 11) is 1.51. The zero-order valence-corrected chi connectivity index (χ0v) is 11.3. The van der Waals surface area contributed by atoms with Crippen LogP contribution in [-0.2, 0) is 6.42 Å². The number of methoxy groups -OCH3 is 1. The maximum Gasteiger partial charge on any atom is 0.179 e. The van der Waals surface area contributed by atoms with E-state index in [4.69, 9.17) is 16.3 Å². The SMILES string of the molecule is COc1c(Cl)ccc(CCN2CCNCC2)c1O. The van der Waals surface area contributed by atoms with Crippen molar-refractivity contribution in [3.8, 4) is 11.5 Å². The largest absolute Gasteiger partial charge is 0.504 e. The van der Waals surface area contributed by atoms with Crippen molar-refractivity contribution in [2.75, 3.05) is 39.8 Å². The Morgan fingerprint density at radius 1 is 1.39 bits per heavy atom. The molecule has 1 aliphatic heterocycles. The Bertz CT molecular complexity index is 406. The molecule has 100 valence electrons. The van der Waals surface area contributed by atoms with Crippen LogP contribution in [0, 0.1) is 0 Å². The number of ether oxygens (including phenoxy) is 1. The quantitative estimate of drug-likeness (QED) is 0.870. The number of hydrogen-bond donors (Lipinski definition) is 2. The molecule has 1 aromatic carbocycles. The summed E-state index contributed by atoms with van der Waals surface area (Å²) in [6.07, 6.45) is 0.805. The van der Waals surface area contributed by atoms with Crippen molar-refractivity contribution in [1.29, 1.82) is 0 Å². The van der Waals surface area contributed by atoms with Crippen LogP contribution < -0.4 is 10.1 Å². The van der Waals surface area contributed by atoms with Crippen LogP contribution in [0.5, 0.6) is 11.5 Å². The van der Waals surface area contributed by atoms with E-state index in [0.29, 0.717) is 10.8 Å². The van der Waals surface area contributed by atoms with Crippen LogP contribution in [0.3, 0.4) is 0 Å². The van der Waals surface area contributed by atoms with Crippen LogP contribution >= 0.6 is 11.6 Å². The van der Waals surface area contributed by atoms with E-state index in [9.17, 15) is 5.11 Å².